The van der Waals surface area contributed by atoms with E-state index in [0.29, 0.717) is 19.6 Å². The number of aromatic nitrogens is 1. The molecule has 0 bridgehead atoms. The van der Waals surface area contributed by atoms with Crippen molar-refractivity contribution in [1.82, 2.24) is 15.2 Å². The summed E-state index contributed by atoms with van der Waals surface area (Å²) in [6.07, 6.45) is 0.357. The van der Waals surface area contributed by atoms with Crippen LogP contribution in [-0.2, 0) is 22.6 Å². The van der Waals surface area contributed by atoms with Crippen molar-refractivity contribution in [3.05, 3.63) is 52.0 Å². The van der Waals surface area contributed by atoms with Crippen molar-refractivity contribution in [1.29, 1.82) is 0 Å². The van der Waals surface area contributed by atoms with Gasteiger partial charge in [0.1, 0.15) is 5.01 Å². The van der Waals surface area contributed by atoms with E-state index >= 15 is 0 Å². The lowest BCUT2D eigenvalue weighted by Crippen LogP contribution is -2.44. The zero-order valence-corrected chi connectivity index (χ0v) is 14.7. The summed E-state index contributed by atoms with van der Waals surface area (Å²) >= 11 is 1.57. The first-order valence-electron chi connectivity index (χ1n) is 8.24. The van der Waals surface area contributed by atoms with Gasteiger partial charge >= 0.3 is 0 Å². The van der Waals surface area contributed by atoms with Gasteiger partial charge in [-0.1, -0.05) is 30.3 Å². The van der Waals surface area contributed by atoms with Gasteiger partial charge in [-0.2, -0.15) is 0 Å². The van der Waals surface area contributed by atoms with Gasteiger partial charge in [-0.15, -0.1) is 11.3 Å². The summed E-state index contributed by atoms with van der Waals surface area (Å²) < 4.78 is 5.76. The van der Waals surface area contributed by atoms with Crippen molar-refractivity contribution in [2.75, 3.05) is 19.7 Å². The number of hydrogen-bond donors (Lipinski definition) is 1. The van der Waals surface area contributed by atoms with Gasteiger partial charge in [0.05, 0.1) is 25.7 Å². The molecule has 2 heterocycles. The minimum atomic E-state index is -0.0412. The fourth-order valence-electron chi connectivity index (χ4n) is 2.83. The highest BCUT2D eigenvalue weighted by Crippen LogP contribution is 2.13. The largest absolute Gasteiger partial charge is 0.375 e. The molecule has 0 unspecified atom stereocenters. The van der Waals surface area contributed by atoms with Crippen LogP contribution in [0.5, 0.6) is 0 Å². The van der Waals surface area contributed by atoms with Gasteiger partial charge in [-0.05, 0) is 12.5 Å². The first-order valence-corrected chi connectivity index (χ1v) is 9.12. The fourth-order valence-corrected chi connectivity index (χ4v) is 3.54. The van der Waals surface area contributed by atoms with Crippen LogP contribution < -0.4 is 5.32 Å². The Bertz CT molecular complexity index is 659. The number of rotatable bonds is 6. The maximum Gasteiger partial charge on any atom is 0.223 e. The van der Waals surface area contributed by atoms with E-state index in [2.05, 4.69) is 39.5 Å². The summed E-state index contributed by atoms with van der Waals surface area (Å²) in [6, 6.07) is 10.4. The quantitative estimate of drug-likeness (QED) is 0.873. The number of thiazole rings is 1. The van der Waals surface area contributed by atoms with Crippen molar-refractivity contribution in [3.63, 3.8) is 0 Å². The number of ether oxygens (including phenoxy) is 1. The first-order chi connectivity index (χ1) is 11.7. The molecule has 6 heteroatoms. The molecule has 1 fully saturated rings. The van der Waals surface area contributed by atoms with Gasteiger partial charge in [0, 0.05) is 30.7 Å². The van der Waals surface area contributed by atoms with Crippen LogP contribution in [0, 0.1) is 6.92 Å². The molecule has 1 amide bonds. The Balaban J connectivity index is 1.43. The highest BCUT2D eigenvalue weighted by Gasteiger charge is 2.22. The zero-order valence-electron chi connectivity index (χ0n) is 13.9. The van der Waals surface area contributed by atoms with Crippen LogP contribution in [0.15, 0.2) is 35.7 Å². The average molecular weight is 345 g/mol. The van der Waals surface area contributed by atoms with E-state index in [9.17, 15) is 4.79 Å². The summed E-state index contributed by atoms with van der Waals surface area (Å²) in [4.78, 5) is 18.8. The van der Waals surface area contributed by atoms with Crippen LogP contribution in [0.3, 0.4) is 0 Å². The van der Waals surface area contributed by atoms with Crippen molar-refractivity contribution < 1.29 is 9.53 Å². The highest BCUT2D eigenvalue weighted by molar-refractivity contribution is 7.09. The van der Waals surface area contributed by atoms with Crippen LogP contribution >= 0.6 is 11.3 Å². The van der Waals surface area contributed by atoms with Gasteiger partial charge < -0.3 is 10.1 Å². The SMILES string of the molecule is Cc1csc(CNC(=O)C[C@H]2CN(Cc3ccccc3)CCO2)n1. The number of amides is 1. The molecule has 1 atom stereocenters. The summed E-state index contributed by atoms with van der Waals surface area (Å²) in [7, 11) is 0. The molecule has 3 rings (SSSR count). The summed E-state index contributed by atoms with van der Waals surface area (Å²) in [5, 5.41) is 5.87. The molecule has 128 valence electrons. The lowest BCUT2D eigenvalue weighted by atomic mass is 10.1. The molecule has 1 N–H and O–H groups in total. The number of nitrogens with one attached hydrogen (secondary N) is 1. The molecule has 5 nitrogen and oxygen atoms in total. The first kappa shape index (κ1) is 17.1. The van der Waals surface area contributed by atoms with E-state index in [1.54, 1.807) is 11.3 Å². The third kappa shape index (κ3) is 5.12. The number of benzene rings is 1. The van der Waals surface area contributed by atoms with Gasteiger partial charge in [-0.25, -0.2) is 4.98 Å². The van der Waals surface area contributed by atoms with Crippen molar-refractivity contribution in [2.45, 2.75) is 32.5 Å². The molecule has 1 aromatic heterocycles. The molecule has 2 aromatic rings. The molecule has 1 aliphatic rings. The van der Waals surface area contributed by atoms with Gasteiger partial charge in [0.15, 0.2) is 0 Å². The Morgan fingerprint density at radius 1 is 1.42 bits per heavy atom. The van der Waals surface area contributed by atoms with Crippen LogP contribution in [0.1, 0.15) is 22.7 Å². The topological polar surface area (TPSA) is 54.5 Å². The van der Waals surface area contributed by atoms with Crippen molar-refractivity contribution in [2.24, 2.45) is 0 Å². The minimum Gasteiger partial charge on any atom is -0.375 e. The van der Waals surface area contributed by atoms with E-state index in [0.717, 1.165) is 30.3 Å². The van der Waals surface area contributed by atoms with E-state index in [1.165, 1.54) is 5.56 Å². The maximum absolute atomic E-state index is 12.1. The molecule has 1 saturated heterocycles. The molecule has 1 aliphatic heterocycles. The number of aryl methyl sites for hydroxylation is 1. The molecule has 0 radical (unpaired) electrons. The highest BCUT2D eigenvalue weighted by atomic mass is 32.1. The molecular weight excluding hydrogens is 322 g/mol. The molecule has 0 aliphatic carbocycles. The van der Waals surface area contributed by atoms with Crippen molar-refractivity contribution in [3.8, 4) is 0 Å². The number of hydrogen-bond acceptors (Lipinski definition) is 5. The van der Waals surface area contributed by atoms with Gasteiger partial charge in [0.25, 0.3) is 0 Å². The van der Waals surface area contributed by atoms with Crippen LogP contribution in [-0.4, -0.2) is 41.6 Å². The Kier molecular flexibility index (Phi) is 5.96. The lowest BCUT2D eigenvalue weighted by Gasteiger charge is -2.32. The lowest BCUT2D eigenvalue weighted by molar-refractivity contribution is -0.126. The van der Waals surface area contributed by atoms with Gasteiger partial charge in [-0.3, -0.25) is 9.69 Å². The van der Waals surface area contributed by atoms with Crippen LogP contribution in [0.25, 0.3) is 0 Å². The monoisotopic (exact) mass is 345 g/mol. The van der Waals surface area contributed by atoms with Gasteiger partial charge in [0.2, 0.25) is 5.91 Å². The number of nitrogens with zero attached hydrogens (tertiary/aromatic N) is 2. The molecule has 0 spiro atoms. The smallest absolute Gasteiger partial charge is 0.223 e. The third-order valence-electron chi connectivity index (χ3n) is 3.99. The Morgan fingerprint density at radius 3 is 3.00 bits per heavy atom. The summed E-state index contributed by atoms with van der Waals surface area (Å²) in [6.45, 7) is 5.73. The second-order valence-corrected chi connectivity index (χ2v) is 7.02. The molecule has 24 heavy (non-hydrogen) atoms. The molecular formula is C18H23N3O2S. The second kappa shape index (κ2) is 8.37. The maximum atomic E-state index is 12.1. The summed E-state index contributed by atoms with van der Waals surface area (Å²) in [5.41, 5.74) is 2.29. The van der Waals surface area contributed by atoms with E-state index in [-0.39, 0.29) is 12.0 Å². The Hall–Kier alpha value is -1.76. The van der Waals surface area contributed by atoms with Crippen LogP contribution in [0.2, 0.25) is 0 Å². The Labute approximate surface area is 146 Å². The standard InChI is InChI=1S/C18H23N3O2S/c1-14-13-24-18(20-14)10-19-17(22)9-16-12-21(7-8-23-16)11-15-5-3-2-4-6-15/h2-6,13,16H,7-12H2,1H3,(H,19,22)/t16-/m0/s1. The van der Waals surface area contributed by atoms with Crippen molar-refractivity contribution >= 4 is 17.2 Å². The fraction of sp³-hybridized carbons (Fsp3) is 0.444. The predicted molar refractivity (Wildman–Crippen MR) is 94.8 cm³/mol. The summed E-state index contributed by atoms with van der Waals surface area (Å²) in [5.74, 6) is 0.0226. The number of morpholine rings is 1. The third-order valence-corrected chi connectivity index (χ3v) is 4.95. The van der Waals surface area contributed by atoms with E-state index in [4.69, 9.17) is 4.74 Å². The number of carbonyl (C=O) groups is 1. The minimum absolute atomic E-state index is 0.0226. The Morgan fingerprint density at radius 2 is 2.25 bits per heavy atom. The predicted octanol–water partition coefficient (Wildman–Crippen LogP) is 2.36. The van der Waals surface area contributed by atoms with Crippen LogP contribution in [0.4, 0.5) is 0 Å². The van der Waals surface area contributed by atoms with E-state index in [1.807, 2.05) is 18.4 Å². The average Bonchev–Trinajstić information content (AvgIpc) is 3.00. The normalized spacial score (nSPS) is 18.5. The molecule has 1 aromatic carbocycles. The zero-order chi connectivity index (χ0) is 16.8. The van der Waals surface area contributed by atoms with E-state index < -0.39 is 0 Å². The molecule has 0 saturated carbocycles. The number of carbonyl (C=O) groups excluding carboxylic acids is 1. The second-order valence-electron chi connectivity index (χ2n) is 6.08.